The lowest BCUT2D eigenvalue weighted by Gasteiger charge is -2.18. The average molecular weight is 303 g/mol. The van der Waals surface area contributed by atoms with Crippen molar-refractivity contribution in [1.29, 1.82) is 0 Å². The van der Waals surface area contributed by atoms with Crippen molar-refractivity contribution in [2.45, 2.75) is 47.0 Å². The van der Waals surface area contributed by atoms with Crippen molar-refractivity contribution in [3.05, 3.63) is 20.6 Å². The van der Waals surface area contributed by atoms with E-state index in [4.69, 9.17) is 12.2 Å². The van der Waals surface area contributed by atoms with Crippen LogP contribution in [0.15, 0.2) is 4.47 Å². The summed E-state index contributed by atoms with van der Waals surface area (Å²) in [6.07, 6.45) is 3.02. The van der Waals surface area contributed by atoms with Crippen molar-refractivity contribution in [1.82, 2.24) is 9.97 Å². The molecule has 16 heavy (non-hydrogen) atoms. The molecule has 0 bridgehead atoms. The van der Waals surface area contributed by atoms with Crippen molar-refractivity contribution < 1.29 is 0 Å². The zero-order valence-electron chi connectivity index (χ0n) is 10.4. The van der Waals surface area contributed by atoms with Gasteiger partial charge in [-0.2, -0.15) is 0 Å². The summed E-state index contributed by atoms with van der Waals surface area (Å²) in [5, 5.41) is 0. The first kappa shape index (κ1) is 13.8. The Morgan fingerprint density at radius 3 is 2.50 bits per heavy atom. The number of rotatable bonds is 3. The Balaban J connectivity index is 3.09. The first-order valence-electron chi connectivity index (χ1n) is 5.61. The molecule has 0 saturated carbocycles. The van der Waals surface area contributed by atoms with E-state index in [1.54, 1.807) is 0 Å². The summed E-state index contributed by atoms with van der Waals surface area (Å²) >= 11 is 8.75. The molecule has 0 aromatic carbocycles. The van der Waals surface area contributed by atoms with Gasteiger partial charge in [-0.05, 0) is 27.8 Å². The molecule has 1 N–H and O–H groups in total. The SMILES string of the molecule is CCCc1[nH]c(CC(C)(C)C)nc(=S)c1Br. The molecule has 0 fully saturated rings. The van der Waals surface area contributed by atoms with Crippen LogP contribution in [0.5, 0.6) is 0 Å². The number of hydrogen-bond acceptors (Lipinski definition) is 2. The molecule has 0 radical (unpaired) electrons. The van der Waals surface area contributed by atoms with E-state index in [1.165, 1.54) is 5.69 Å². The minimum absolute atomic E-state index is 0.225. The van der Waals surface area contributed by atoms with Crippen LogP contribution in [0.1, 0.15) is 45.6 Å². The zero-order valence-corrected chi connectivity index (χ0v) is 12.8. The van der Waals surface area contributed by atoms with Gasteiger partial charge in [0, 0.05) is 12.1 Å². The summed E-state index contributed by atoms with van der Waals surface area (Å²) in [4.78, 5) is 7.80. The van der Waals surface area contributed by atoms with Gasteiger partial charge in [-0.25, -0.2) is 4.98 Å². The maximum absolute atomic E-state index is 5.25. The molecule has 1 aromatic heterocycles. The molecule has 1 heterocycles. The second kappa shape index (κ2) is 5.41. The van der Waals surface area contributed by atoms with E-state index in [1.807, 2.05) is 0 Å². The van der Waals surface area contributed by atoms with E-state index in [2.05, 4.69) is 53.6 Å². The van der Waals surface area contributed by atoms with E-state index >= 15 is 0 Å². The third kappa shape index (κ3) is 3.98. The first-order chi connectivity index (χ1) is 7.33. The Hall–Kier alpha value is -0.220. The fourth-order valence-corrected chi connectivity index (χ4v) is 2.19. The van der Waals surface area contributed by atoms with Crippen LogP contribution in [0, 0.1) is 10.1 Å². The topological polar surface area (TPSA) is 28.7 Å². The second-order valence-corrected chi connectivity index (χ2v) is 6.45. The molecule has 90 valence electrons. The molecule has 0 amide bonds. The quantitative estimate of drug-likeness (QED) is 0.836. The van der Waals surface area contributed by atoms with E-state index < -0.39 is 0 Å². The van der Waals surface area contributed by atoms with Gasteiger partial charge in [0.25, 0.3) is 0 Å². The highest BCUT2D eigenvalue weighted by atomic mass is 79.9. The Morgan fingerprint density at radius 1 is 1.38 bits per heavy atom. The normalized spacial score (nSPS) is 11.8. The van der Waals surface area contributed by atoms with Crippen molar-refractivity contribution in [3.63, 3.8) is 0 Å². The summed E-state index contributed by atoms with van der Waals surface area (Å²) in [5.41, 5.74) is 1.39. The van der Waals surface area contributed by atoms with Crippen LogP contribution in [0.25, 0.3) is 0 Å². The standard InChI is InChI=1S/C12H19BrN2S/c1-5-6-8-10(13)11(16)15-9(14-8)7-12(2,3)4/h5-7H2,1-4H3,(H,14,15,16). The molecule has 0 aliphatic heterocycles. The Labute approximate surface area is 111 Å². The van der Waals surface area contributed by atoms with E-state index in [-0.39, 0.29) is 5.41 Å². The van der Waals surface area contributed by atoms with E-state index in [9.17, 15) is 0 Å². The van der Waals surface area contributed by atoms with Crippen LogP contribution in [-0.4, -0.2) is 9.97 Å². The molecular formula is C12H19BrN2S. The number of H-pyrrole nitrogens is 1. The third-order valence-corrected chi connectivity index (χ3v) is 3.59. The Kier molecular flexibility index (Phi) is 4.68. The largest absolute Gasteiger partial charge is 0.346 e. The van der Waals surface area contributed by atoms with Crippen molar-refractivity contribution >= 4 is 28.1 Å². The maximum atomic E-state index is 5.25. The number of aryl methyl sites for hydroxylation is 1. The molecule has 0 unspecified atom stereocenters. The van der Waals surface area contributed by atoms with Crippen molar-refractivity contribution in [2.24, 2.45) is 5.41 Å². The molecule has 0 aliphatic rings. The Bertz CT molecular complexity index is 418. The van der Waals surface area contributed by atoms with Crippen LogP contribution < -0.4 is 0 Å². The smallest absolute Gasteiger partial charge is 0.144 e. The zero-order chi connectivity index (χ0) is 12.3. The van der Waals surface area contributed by atoms with E-state index in [0.717, 1.165) is 29.6 Å². The highest BCUT2D eigenvalue weighted by molar-refractivity contribution is 9.10. The summed E-state index contributed by atoms with van der Waals surface area (Å²) < 4.78 is 1.61. The fraction of sp³-hybridized carbons (Fsp3) is 0.667. The van der Waals surface area contributed by atoms with Gasteiger partial charge in [0.2, 0.25) is 0 Å². The van der Waals surface area contributed by atoms with Crippen molar-refractivity contribution in [3.8, 4) is 0 Å². The molecule has 1 rings (SSSR count). The van der Waals surface area contributed by atoms with Gasteiger partial charge < -0.3 is 4.98 Å². The first-order valence-corrected chi connectivity index (χ1v) is 6.81. The van der Waals surface area contributed by atoms with Gasteiger partial charge in [-0.15, -0.1) is 0 Å². The predicted octanol–water partition coefficient (Wildman–Crippen LogP) is 4.44. The number of nitrogens with one attached hydrogen (secondary N) is 1. The molecule has 0 saturated heterocycles. The highest BCUT2D eigenvalue weighted by Gasteiger charge is 2.14. The molecule has 1 aromatic rings. The van der Waals surface area contributed by atoms with Crippen LogP contribution in [0.3, 0.4) is 0 Å². The summed E-state index contributed by atoms with van der Waals surface area (Å²) in [5.74, 6) is 0.990. The number of aromatic amines is 1. The summed E-state index contributed by atoms with van der Waals surface area (Å²) in [7, 11) is 0. The molecular weight excluding hydrogens is 284 g/mol. The van der Waals surface area contributed by atoms with Gasteiger partial charge in [-0.3, -0.25) is 0 Å². The molecule has 0 aliphatic carbocycles. The second-order valence-electron chi connectivity index (χ2n) is 5.27. The monoisotopic (exact) mass is 302 g/mol. The van der Waals surface area contributed by atoms with Gasteiger partial charge in [0.05, 0.1) is 4.47 Å². The lowest BCUT2D eigenvalue weighted by molar-refractivity contribution is 0.399. The van der Waals surface area contributed by atoms with Crippen LogP contribution in [0.4, 0.5) is 0 Å². The number of hydrogen-bond donors (Lipinski definition) is 1. The highest BCUT2D eigenvalue weighted by Crippen LogP contribution is 2.22. The van der Waals surface area contributed by atoms with Gasteiger partial charge in [0.1, 0.15) is 10.5 Å². The maximum Gasteiger partial charge on any atom is 0.144 e. The minimum Gasteiger partial charge on any atom is -0.346 e. The number of halogens is 1. The number of aromatic nitrogens is 2. The third-order valence-electron chi connectivity index (χ3n) is 2.18. The number of nitrogens with zero attached hydrogens (tertiary/aromatic N) is 1. The van der Waals surface area contributed by atoms with Gasteiger partial charge >= 0.3 is 0 Å². The fourth-order valence-electron chi connectivity index (χ4n) is 1.57. The van der Waals surface area contributed by atoms with Crippen LogP contribution in [0.2, 0.25) is 0 Å². The minimum atomic E-state index is 0.225. The molecule has 2 nitrogen and oxygen atoms in total. The van der Waals surface area contributed by atoms with E-state index in [0.29, 0.717) is 4.64 Å². The predicted molar refractivity (Wildman–Crippen MR) is 74.3 cm³/mol. The Morgan fingerprint density at radius 2 is 2.00 bits per heavy atom. The van der Waals surface area contributed by atoms with Gasteiger partial charge in [0.15, 0.2) is 0 Å². The van der Waals surface area contributed by atoms with Crippen molar-refractivity contribution in [2.75, 3.05) is 0 Å². The lowest BCUT2D eigenvalue weighted by Crippen LogP contribution is -2.13. The lowest BCUT2D eigenvalue weighted by atomic mass is 9.92. The molecule has 0 atom stereocenters. The van der Waals surface area contributed by atoms with Gasteiger partial charge in [-0.1, -0.05) is 46.3 Å². The van der Waals surface area contributed by atoms with Crippen LogP contribution in [-0.2, 0) is 12.8 Å². The average Bonchev–Trinajstić information content (AvgIpc) is 2.11. The summed E-state index contributed by atoms with van der Waals surface area (Å²) in [6, 6.07) is 0. The summed E-state index contributed by atoms with van der Waals surface area (Å²) in [6.45, 7) is 8.76. The molecule has 4 heteroatoms. The molecule has 0 spiro atoms. The van der Waals surface area contributed by atoms with Crippen LogP contribution >= 0.6 is 28.1 Å².